The lowest BCUT2D eigenvalue weighted by molar-refractivity contribution is 0.264. The zero-order valence-corrected chi connectivity index (χ0v) is 12.0. The van der Waals surface area contributed by atoms with Crippen LogP contribution in [0.4, 0.5) is 0 Å². The lowest BCUT2D eigenvalue weighted by Gasteiger charge is -2.25. The smallest absolute Gasteiger partial charge is 0.129 e. The maximum atomic E-state index is 9.21. The van der Waals surface area contributed by atoms with E-state index in [-0.39, 0.29) is 18.6 Å². The predicted molar refractivity (Wildman–Crippen MR) is 74.2 cm³/mol. The molecule has 1 aromatic rings. The van der Waals surface area contributed by atoms with Gasteiger partial charge in [0.2, 0.25) is 0 Å². The molecular formula is C14H23NO4. The highest BCUT2D eigenvalue weighted by molar-refractivity contribution is 5.53. The average molecular weight is 269 g/mol. The number of aliphatic hydroxyl groups is 1. The van der Waals surface area contributed by atoms with Gasteiger partial charge in [-0.3, -0.25) is 0 Å². The molecule has 2 atom stereocenters. The molecule has 0 heterocycles. The maximum absolute atomic E-state index is 9.21. The minimum atomic E-state index is -0.122. The molecule has 0 aliphatic heterocycles. The third-order valence-electron chi connectivity index (χ3n) is 3.20. The highest BCUT2D eigenvalue weighted by Gasteiger charge is 2.25. The third kappa shape index (κ3) is 3.52. The van der Waals surface area contributed by atoms with Crippen LogP contribution < -0.4 is 19.9 Å². The lowest BCUT2D eigenvalue weighted by atomic mass is 9.88. The van der Waals surface area contributed by atoms with Gasteiger partial charge in [0, 0.05) is 36.3 Å². The second kappa shape index (κ2) is 7.21. The first kappa shape index (κ1) is 15.6. The topological polar surface area (TPSA) is 73.9 Å². The van der Waals surface area contributed by atoms with Gasteiger partial charge in [-0.05, 0) is 13.3 Å². The summed E-state index contributed by atoms with van der Waals surface area (Å²) in [5, 5.41) is 9.21. The van der Waals surface area contributed by atoms with E-state index < -0.39 is 0 Å². The number of hydrogen-bond acceptors (Lipinski definition) is 5. The van der Waals surface area contributed by atoms with Crippen molar-refractivity contribution in [2.24, 2.45) is 5.73 Å². The summed E-state index contributed by atoms with van der Waals surface area (Å²) in [5.74, 6) is 1.93. The summed E-state index contributed by atoms with van der Waals surface area (Å²) in [6, 6.07) is 3.47. The third-order valence-corrected chi connectivity index (χ3v) is 3.20. The average Bonchev–Trinajstić information content (AvgIpc) is 2.43. The molecule has 5 nitrogen and oxygen atoms in total. The Hall–Kier alpha value is -1.46. The molecule has 0 spiro atoms. The van der Waals surface area contributed by atoms with Crippen molar-refractivity contribution in [1.82, 2.24) is 0 Å². The molecule has 3 N–H and O–H groups in total. The Morgan fingerprint density at radius 3 is 1.95 bits per heavy atom. The number of aliphatic hydroxyl groups excluding tert-OH is 1. The van der Waals surface area contributed by atoms with E-state index in [0.29, 0.717) is 23.7 Å². The Balaban J connectivity index is 3.36. The van der Waals surface area contributed by atoms with E-state index in [0.717, 1.165) is 5.56 Å². The van der Waals surface area contributed by atoms with Crippen LogP contribution in [0.2, 0.25) is 0 Å². The Kier molecular flexibility index (Phi) is 5.92. The number of rotatable bonds is 7. The van der Waals surface area contributed by atoms with Gasteiger partial charge in [-0.25, -0.2) is 0 Å². The summed E-state index contributed by atoms with van der Waals surface area (Å²) in [7, 11) is 4.77. The van der Waals surface area contributed by atoms with Crippen molar-refractivity contribution in [3.8, 4) is 17.2 Å². The van der Waals surface area contributed by atoms with Crippen LogP contribution in [0, 0.1) is 0 Å². The van der Waals surface area contributed by atoms with E-state index in [4.69, 9.17) is 19.9 Å². The van der Waals surface area contributed by atoms with Gasteiger partial charge in [0.05, 0.1) is 21.3 Å². The van der Waals surface area contributed by atoms with Gasteiger partial charge in [0.1, 0.15) is 17.2 Å². The van der Waals surface area contributed by atoms with Crippen LogP contribution in [-0.2, 0) is 0 Å². The van der Waals surface area contributed by atoms with Crippen molar-refractivity contribution in [2.75, 3.05) is 27.9 Å². The Morgan fingerprint density at radius 1 is 1.11 bits per heavy atom. The van der Waals surface area contributed by atoms with E-state index in [2.05, 4.69) is 0 Å². The SMILES string of the molecule is COc1cc(OC)c(C(CCO)C(C)N)c(OC)c1. The highest BCUT2D eigenvalue weighted by atomic mass is 16.5. The molecule has 0 fully saturated rings. The van der Waals surface area contributed by atoms with Crippen LogP contribution in [0.1, 0.15) is 24.8 Å². The van der Waals surface area contributed by atoms with Crippen LogP contribution in [0.15, 0.2) is 12.1 Å². The Morgan fingerprint density at radius 2 is 1.63 bits per heavy atom. The van der Waals surface area contributed by atoms with E-state index in [1.54, 1.807) is 33.5 Å². The molecule has 0 saturated heterocycles. The first-order valence-corrected chi connectivity index (χ1v) is 6.25. The molecule has 2 unspecified atom stereocenters. The molecule has 0 bridgehead atoms. The summed E-state index contributed by atoms with van der Waals surface area (Å²) >= 11 is 0. The predicted octanol–water partition coefficient (Wildman–Crippen LogP) is 1.53. The van der Waals surface area contributed by atoms with Crippen LogP contribution in [0.3, 0.4) is 0 Å². The van der Waals surface area contributed by atoms with Crippen molar-refractivity contribution in [3.05, 3.63) is 17.7 Å². The van der Waals surface area contributed by atoms with Crippen molar-refractivity contribution in [1.29, 1.82) is 0 Å². The summed E-state index contributed by atoms with van der Waals surface area (Å²) in [6.45, 7) is 1.97. The molecule has 1 rings (SSSR count). The fourth-order valence-electron chi connectivity index (χ4n) is 2.21. The van der Waals surface area contributed by atoms with Gasteiger partial charge < -0.3 is 25.1 Å². The van der Waals surface area contributed by atoms with E-state index in [9.17, 15) is 5.11 Å². The minimum Gasteiger partial charge on any atom is -0.496 e. The van der Waals surface area contributed by atoms with Crippen molar-refractivity contribution < 1.29 is 19.3 Å². The molecule has 0 saturated carbocycles. The molecule has 0 aliphatic rings. The standard InChI is InChI=1S/C14H23NO4/c1-9(15)11(5-6-16)14-12(18-3)7-10(17-2)8-13(14)19-4/h7-9,11,16H,5-6,15H2,1-4H3. The van der Waals surface area contributed by atoms with Crippen molar-refractivity contribution >= 4 is 0 Å². The molecule has 108 valence electrons. The van der Waals surface area contributed by atoms with E-state index >= 15 is 0 Å². The van der Waals surface area contributed by atoms with Gasteiger partial charge >= 0.3 is 0 Å². The van der Waals surface area contributed by atoms with Gasteiger partial charge in [0.25, 0.3) is 0 Å². The quantitative estimate of drug-likeness (QED) is 0.785. The molecular weight excluding hydrogens is 246 g/mol. The lowest BCUT2D eigenvalue weighted by Crippen LogP contribution is -2.26. The van der Waals surface area contributed by atoms with Crippen LogP contribution in [0.5, 0.6) is 17.2 Å². The van der Waals surface area contributed by atoms with Gasteiger partial charge in [-0.1, -0.05) is 0 Å². The molecule has 0 aromatic heterocycles. The fourth-order valence-corrected chi connectivity index (χ4v) is 2.21. The fraction of sp³-hybridized carbons (Fsp3) is 0.571. The van der Waals surface area contributed by atoms with Crippen LogP contribution >= 0.6 is 0 Å². The number of methoxy groups -OCH3 is 3. The first-order chi connectivity index (χ1) is 9.08. The molecule has 19 heavy (non-hydrogen) atoms. The molecule has 1 aromatic carbocycles. The Bertz CT molecular complexity index is 381. The maximum Gasteiger partial charge on any atom is 0.129 e. The number of ether oxygens (including phenoxy) is 3. The van der Waals surface area contributed by atoms with Crippen LogP contribution in [0.25, 0.3) is 0 Å². The zero-order valence-electron chi connectivity index (χ0n) is 12.0. The second-order valence-electron chi connectivity index (χ2n) is 4.42. The molecule has 0 aliphatic carbocycles. The first-order valence-electron chi connectivity index (χ1n) is 6.25. The van der Waals surface area contributed by atoms with Crippen molar-refractivity contribution in [2.45, 2.75) is 25.3 Å². The van der Waals surface area contributed by atoms with E-state index in [1.165, 1.54) is 0 Å². The summed E-state index contributed by atoms with van der Waals surface area (Å²) in [4.78, 5) is 0. The molecule has 5 heteroatoms. The van der Waals surface area contributed by atoms with Crippen LogP contribution in [-0.4, -0.2) is 39.1 Å². The summed E-state index contributed by atoms with van der Waals surface area (Å²) in [6.07, 6.45) is 0.552. The highest BCUT2D eigenvalue weighted by Crippen LogP contribution is 2.41. The second-order valence-corrected chi connectivity index (χ2v) is 4.42. The van der Waals surface area contributed by atoms with Gasteiger partial charge in [-0.15, -0.1) is 0 Å². The summed E-state index contributed by atoms with van der Waals surface area (Å²) in [5.41, 5.74) is 6.89. The molecule has 0 amide bonds. The normalized spacial score (nSPS) is 13.8. The number of nitrogens with two attached hydrogens (primary N) is 1. The largest absolute Gasteiger partial charge is 0.496 e. The Labute approximate surface area is 114 Å². The van der Waals surface area contributed by atoms with Gasteiger partial charge in [0.15, 0.2) is 0 Å². The van der Waals surface area contributed by atoms with Gasteiger partial charge in [-0.2, -0.15) is 0 Å². The minimum absolute atomic E-state index is 0.0409. The van der Waals surface area contributed by atoms with Crippen molar-refractivity contribution in [3.63, 3.8) is 0 Å². The van der Waals surface area contributed by atoms with E-state index in [1.807, 2.05) is 6.92 Å². The summed E-state index contributed by atoms with van der Waals surface area (Å²) < 4.78 is 16.0. The number of benzene rings is 1. The number of hydrogen-bond donors (Lipinski definition) is 2. The zero-order chi connectivity index (χ0) is 14.4. The molecule has 0 radical (unpaired) electrons. The monoisotopic (exact) mass is 269 g/mol.